The first-order chi connectivity index (χ1) is 12.5. The van der Waals surface area contributed by atoms with Crippen molar-refractivity contribution in [2.75, 3.05) is 12.3 Å². The molecule has 0 radical (unpaired) electrons. The number of nitrogens with zero attached hydrogens (tertiary/aromatic N) is 1. The van der Waals surface area contributed by atoms with Crippen molar-refractivity contribution in [3.05, 3.63) is 74.6 Å². The molecule has 134 valence electrons. The molecule has 26 heavy (non-hydrogen) atoms. The minimum absolute atomic E-state index is 0.222. The normalized spacial score (nSPS) is 14.5. The number of halogens is 2. The molecule has 1 aliphatic rings. The lowest BCUT2D eigenvalue weighted by Crippen LogP contribution is -2.33. The van der Waals surface area contributed by atoms with Crippen molar-refractivity contribution in [3.8, 4) is 0 Å². The Balaban J connectivity index is 1.84. The third-order valence-corrected chi connectivity index (χ3v) is 5.54. The fourth-order valence-electron chi connectivity index (χ4n) is 2.80. The molecule has 1 aliphatic heterocycles. The molecule has 0 saturated carbocycles. The number of amides is 2. The molecular weight excluding hydrogens is 389 g/mol. The van der Waals surface area contributed by atoms with Crippen molar-refractivity contribution in [2.24, 2.45) is 0 Å². The minimum atomic E-state index is -0.248. The fraction of sp³-hybridized carbons (Fsp3) is 0.200. The molecule has 0 bridgehead atoms. The van der Waals surface area contributed by atoms with Gasteiger partial charge in [0.1, 0.15) is 0 Å². The second kappa shape index (κ2) is 8.30. The molecule has 0 aromatic heterocycles. The molecule has 0 atom stereocenters. The highest BCUT2D eigenvalue weighted by molar-refractivity contribution is 8.04. The van der Waals surface area contributed by atoms with Crippen LogP contribution in [-0.4, -0.2) is 29.0 Å². The summed E-state index contributed by atoms with van der Waals surface area (Å²) in [6.45, 7) is 2.30. The number of hydrogen-bond donors (Lipinski definition) is 0. The van der Waals surface area contributed by atoms with Gasteiger partial charge in [-0.3, -0.25) is 14.5 Å². The van der Waals surface area contributed by atoms with Crippen LogP contribution >= 0.6 is 35.0 Å². The van der Waals surface area contributed by atoms with Crippen LogP contribution in [0.25, 0.3) is 5.57 Å². The van der Waals surface area contributed by atoms with Gasteiger partial charge in [-0.25, -0.2) is 0 Å². The Morgan fingerprint density at radius 3 is 2.04 bits per heavy atom. The summed E-state index contributed by atoms with van der Waals surface area (Å²) in [6.07, 6.45) is 0.590. The minimum Gasteiger partial charge on any atom is -0.274 e. The maximum atomic E-state index is 12.9. The Morgan fingerprint density at radius 2 is 1.46 bits per heavy atom. The Kier molecular flexibility index (Phi) is 6.07. The van der Waals surface area contributed by atoms with Gasteiger partial charge in [0.2, 0.25) is 0 Å². The van der Waals surface area contributed by atoms with E-state index in [9.17, 15) is 9.59 Å². The number of rotatable bonds is 6. The van der Waals surface area contributed by atoms with E-state index in [1.54, 1.807) is 36.4 Å². The third-order valence-electron chi connectivity index (χ3n) is 4.08. The van der Waals surface area contributed by atoms with E-state index >= 15 is 0 Å². The molecule has 2 amide bonds. The van der Waals surface area contributed by atoms with E-state index in [2.05, 4.69) is 0 Å². The number of imide groups is 1. The summed E-state index contributed by atoms with van der Waals surface area (Å²) in [4.78, 5) is 27.6. The smallest absolute Gasteiger partial charge is 0.267 e. The summed E-state index contributed by atoms with van der Waals surface area (Å²) >= 11 is 13.2. The van der Waals surface area contributed by atoms with Crippen LogP contribution in [0.4, 0.5) is 0 Å². The first kappa shape index (κ1) is 19.0. The first-order valence-corrected chi connectivity index (χ1v) is 9.99. The van der Waals surface area contributed by atoms with Crippen molar-refractivity contribution >= 4 is 52.4 Å². The van der Waals surface area contributed by atoms with E-state index in [1.165, 1.54) is 16.7 Å². The topological polar surface area (TPSA) is 37.4 Å². The zero-order valence-electron chi connectivity index (χ0n) is 14.2. The average molecular weight is 406 g/mol. The Labute approximate surface area is 167 Å². The van der Waals surface area contributed by atoms with Gasteiger partial charge in [0.15, 0.2) is 0 Å². The van der Waals surface area contributed by atoms with Crippen molar-refractivity contribution < 1.29 is 9.59 Å². The summed E-state index contributed by atoms with van der Waals surface area (Å²) in [5.74, 6) is 0.249. The number of hydrogen-bond acceptors (Lipinski definition) is 3. The molecule has 0 saturated heterocycles. The van der Waals surface area contributed by atoms with Crippen LogP contribution in [0, 0.1) is 0 Å². The zero-order valence-corrected chi connectivity index (χ0v) is 16.5. The van der Waals surface area contributed by atoms with Gasteiger partial charge in [0.25, 0.3) is 11.8 Å². The highest BCUT2D eigenvalue weighted by Gasteiger charge is 2.38. The van der Waals surface area contributed by atoms with Crippen LogP contribution in [0.5, 0.6) is 0 Å². The Bertz CT molecular complexity index is 860. The SMILES string of the molecule is CCSC1=C(c2ccc(Cl)cc2)C(=O)N(CCc2ccc(Cl)cc2)C1=O. The standard InChI is InChI=1S/C20H17Cl2NO2S/c1-2-26-18-17(14-5-9-16(22)10-6-14)19(24)23(20(18)25)12-11-13-3-7-15(21)8-4-13/h3-10H,2,11-12H2,1H3. The molecule has 0 N–H and O–H groups in total. The number of carbonyl (C=O) groups excluding carboxylic acids is 2. The fourth-order valence-corrected chi connectivity index (χ4v) is 3.92. The van der Waals surface area contributed by atoms with Gasteiger partial charge < -0.3 is 0 Å². The van der Waals surface area contributed by atoms with E-state index in [4.69, 9.17) is 23.2 Å². The zero-order chi connectivity index (χ0) is 18.7. The molecular formula is C20H17Cl2NO2S. The molecule has 3 nitrogen and oxygen atoms in total. The third kappa shape index (κ3) is 3.98. The molecule has 1 heterocycles. The quantitative estimate of drug-likeness (QED) is 0.629. The molecule has 2 aromatic rings. The van der Waals surface area contributed by atoms with E-state index in [-0.39, 0.29) is 11.8 Å². The van der Waals surface area contributed by atoms with Crippen LogP contribution in [0.3, 0.4) is 0 Å². The molecule has 0 aliphatic carbocycles. The van der Waals surface area contributed by atoms with Gasteiger partial charge in [-0.05, 0) is 47.6 Å². The lowest BCUT2D eigenvalue weighted by Gasteiger charge is -2.15. The lowest BCUT2D eigenvalue weighted by atomic mass is 10.1. The summed E-state index contributed by atoms with van der Waals surface area (Å²) in [7, 11) is 0. The number of carbonyl (C=O) groups is 2. The van der Waals surface area contributed by atoms with Gasteiger partial charge in [-0.15, -0.1) is 11.8 Å². The molecule has 6 heteroatoms. The van der Waals surface area contributed by atoms with Crippen LogP contribution in [-0.2, 0) is 16.0 Å². The second-order valence-electron chi connectivity index (χ2n) is 5.78. The van der Waals surface area contributed by atoms with Gasteiger partial charge in [0.05, 0.1) is 10.5 Å². The molecule has 2 aromatic carbocycles. The van der Waals surface area contributed by atoms with E-state index in [0.29, 0.717) is 33.5 Å². The predicted molar refractivity (Wildman–Crippen MR) is 108 cm³/mol. The maximum Gasteiger partial charge on any atom is 0.267 e. The second-order valence-corrected chi connectivity index (χ2v) is 7.93. The van der Waals surface area contributed by atoms with Gasteiger partial charge in [-0.1, -0.05) is 54.4 Å². The summed E-state index contributed by atoms with van der Waals surface area (Å²) in [5.41, 5.74) is 2.21. The van der Waals surface area contributed by atoms with E-state index in [1.807, 2.05) is 19.1 Å². The monoisotopic (exact) mass is 405 g/mol. The highest BCUT2D eigenvalue weighted by atomic mass is 35.5. The summed E-state index contributed by atoms with van der Waals surface area (Å²) in [6, 6.07) is 14.4. The average Bonchev–Trinajstić information content (AvgIpc) is 2.86. The van der Waals surface area contributed by atoms with Crippen molar-refractivity contribution in [1.82, 2.24) is 4.90 Å². The van der Waals surface area contributed by atoms with Crippen molar-refractivity contribution in [3.63, 3.8) is 0 Å². The van der Waals surface area contributed by atoms with Crippen molar-refractivity contribution in [2.45, 2.75) is 13.3 Å². The number of thioether (sulfide) groups is 1. The van der Waals surface area contributed by atoms with Crippen LogP contribution in [0.15, 0.2) is 53.4 Å². The van der Waals surface area contributed by atoms with Gasteiger partial charge >= 0.3 is 0 Å². The van der Waals surface area contributed by atoms with Crippen molar-refractivity contribution in [1.29, 1.82) is 0 Å². The van der Waals surface area contributed by atoms with Gasteiger partial charge in [0, 0.05) is 16.6 Å². The number of benzene rings is 2. The summed E-state index contributed by atoms with van der Waals surface area (Å²) in [5, 5.41) is 1.26. The highest BCUT2D eigenvalue weighted by Crippen LogP contribution is 2.36. The maximum absolute atomic E-state index is 12.9. The van der Waals surface area contributed by atoms with E-state index in [0.717, 1.165) is 16.9 Å². The summed E-state index contributed by atoms with van der Waals surface area (Å²) < 4.78 is 0. The van der Waals surface area contributed by atoms with Crippen LogP contribution in [0.1, 0.15) is 18.1 Å². The Hall–Kier alpha value is -1.75. The molecule has 0 unspecified atom stereocenters. The predicted octanol–water partition coefficient (Wildman–Crippen LogP) is 5.07. The van der Waals surface area contributed by atoms with Crippen LogP contribution < -0.4 is 0 Å². The molecule has 0 spiro atoms. The largest absolute Gasteiger partial charge is 0.274 e. The van der Waals surface area contributed by atoms with Gasteiger partial charge in [-0.2, -0.15) is 0 Å². The lowest BCUT2D eigenvalue weighted by molar-refractivity contribution is -0.136. The van der Waals surface area contributed by atoms with Crippen LogP contribution in [0.2, 0.25) is 10.0 Å². The van der Waals surface area contributed by atoms with E-state index < -0.39 is 0 Å². The first-order valence-electron chi connectivity index (χ1n) is 8.25. The molecule has 0 fully saturated rings. The Morgan fingerprint density at radius 1 is 0.885 bits per heavy atom. The molecule has 3 rings (SSSR count).